The Kier molecular flexibility index (Phi) is 6.52. The summed E-state index contributed by atoms with van der Waals surface area (Å²) in [4.78, 5) is 0. The summed E-state index contributed by atoms with van der Waals surface area (Å²) in [5.41, 5.74) is 19.9. The van der Waals surface area contributed by atoms with Gasteiger partial charge in [-0.25, -0.2) is 0 Å². The number of aromatic nitrogens is 2. The molecule has 2 aliphatic rings. The van der Waals surface area contributed by atoms with Crippen molar-refractivity contribution in [3.63, 3.8) is 0 Å². The lowest BCUT2D eigenvalue weighted by molar-refractivity contribution is 0.794. The minimum Gasteiger partial charge on any atom is -0.309 e. The summed E-state index contributed by atoms with van der Waals surface area (Å²) >= 11 is 0. The third kappa shape index (κ3) is 4.21. The molecule has 282 valence electrons. The van der Waals surface area contributed by atoms with Crippen LogP contribution in [0.1, 0.15) is 22.3 Å². The van der Waals surface area contributed by atoms with E-state index in [1.807, 2.05) is 0 Å². The SMILES string of the molecule is c1ccc(-n2c3ccccc3c3cc4c(cc32)c2c3ccccc3ccc2n4-c2ccccc2-c2ccc3c(c2)C2(c4ccccc4-c4ccccc42)c2ccccc2-3)cc1. The molecule has 0 bridgehead atoms. The lowest BCUT2D eigenvalue weighted by Crippen LogP contribution is -2.25. The van der Waals surface area contributed by atoms with Gasteiger partial charge in [-0.2, -0.15) is 0 Å². The van der Waals surface area contributed by atoms with Gasteiger partial charge in [-0.3, -0.25) is 0 Å². The van der Waals surface area contributed by atoms with Crippen LogP contribution in [-0.4, -0.2) is 9.13 Å². The first-order valence-electron chi connectivity index (χ1n) is 21.3. The van der Waals surface area contributed by atoms with Crippen molar-refractivity contribution in [2.45, 2.75) is 5.41 Å². The molecule has 2 nitrogen and oxygen atoms in total. The maximum Gasteiger partial charge on any atom is 0.0725 e. The Balaban J connectivity index is 1.07. The molecule has 2 aliphatic carbocycles. The summed E-state index contributed by atoms with van der Waals surface area (Å²) in [6.45, 7) is 0. The highest BCUT2D eigenvalue weighted by molar-refractivity contribution is 6.25. The second-order valence-electron chi connectivity index (χ2n) is 16.8. The Morgan fingerprint density at radius 1 is 0.295 bits per heavy atom. The molecular formula is C59H36N2. The third-order valence-electron chi connectivity index (χ3n) is 13.9. The molecule has 0 saturated carbocycles. The van der Waals surface area contributed by atoms with Gasteiger partial charge in [-0.05, 0) is 109 Å². The van der Waals surface area contributed by atoms with Crippen LogP contribution in [0, 0.1) is 0 Å². The van der Waals surface area contributed by atoms with E-state index in [0.29, 0.717) is 0 Å². The number of para-hydroxylation sites is 3. The molecule has 2 aromatic heterocycles. The van der Waals surface area contributed by atoms with Crippen LogP contribution >= 0.6 is 0 Å². The van der Waals surface area contributed by atoms with E-state index >= 15 is 0 Å². The fourth-order valence-electron chi connectivity index (χ4n) is 11.5. The largest absolute Gasteiger partial charge is 0.309 e. The van der Waals surface area contributed by atoms with Crippen LogP contribution in [0.25, 0.3) is 99.1 Å². The van der Waals surface area contributed by atoms with Gasteiger partial charge in [0, 0.05) is 32.8 Å². The number of benzene rings is 10. The topological polar surface area (TPSA) is 9.86 Å². The van der Waals surface area contributed by atoms with Crippen LogP contribution in [0.5, 0.6) is 0 Å². The van der Waals surface area contributed by atoms with Gasteiger partial charge in [0.25, 0.3) is 0 Å². The third-order valence-corrected chi connectivity index (χ3v) is 13.9. The molecule has 0 N–H and O–H groups in total. The monoisotopic (exact) mass is 772 g/mol. The van der Waals surface area contributed by atoms with Crippen LogP contribution in [0.3, 0.4) is 0 Å². The predicted molar refractivity (Wildman–Crippen MR) is 254 cm³/mol. The second-order valence-corrected chi connectivity index (χ2v) is 16.8. The number of nitrogens with zero attached hydrogens (tertiary/aromatic N) is 2. The fourth-order valence-corrected chi connectivity index (χ4v) is 11.5. The smallest absolute Gasteiger partial charge is 0.0725 e. The summed E-state index contributed by atoms with van der Waals surface area (Å²) in [7, 11) is 0. The Bertz CT molecular complexity index is 3760. The molecule has 1 spiro atoms. The highest BCUT2D eigenvalue weighted by Crippen LogP contribution is 2.63. The molecule has 0 radical (unpaired) electrons. The van der Waals surface area contributed by atoms with E-state index in [2.05, 4.69) is 228 Å². The Hall–Kier alpha value is -7.94. The Morgan fingerprint density at radius 2 is 0.852 bits per heavy atom. The fraction of sp³-hybridized carbons (Fsp3) is 0.0169. The molecule has 0 saturated heterocycles. The maximum atomic E-state index is 2.54. The molecule has 0 unspecified atom stereocenters. The minimum absolute atomic E-state index is 0.408. The molecule has 10 aromatic carbocycles. The van der Waals surface area contributed by atoms with Crippen molar-refractivity contribution >= 4 is 54.4 Å². The van der Waals surface area contributed by atoms with Gasteiger partial charge in [0.05, 0.1) is 33.2 Å². The average Bonchev–Trinajstić information content (AvgIpc) is 4.03. The predicted octanol–water partition coefficient (Wildman–Crippen LogP) is 15.0. The van der Waals surface area contributed by atoms with Gasteiger partial charge >= 0.3 is 0 Å². The second kappa shape index (κ2) is 12.1. The molecule has 0 amide bonds. The van der Waals surface area contributed by atoms with Crippen LogP contribution in [0.4, 0.5) is 0 Å². The maximum absolute atomic E-state index is 2.54. The van der Waals surface area contributed by atoms with Gasteiger partial charge in [-0.1, -0.05) is 170 Å². The summed E-state index contributed by atoms with van der Waals surface area (Å²) in [5.74, 6) is 0. The molecule has 0 aliphatic heterocycles. The summed E-state index contributed by atoms with van der Waals surface area (Å²) < 4.78 is 4.97. The van der Waals surface area contributed by atoms with Crippen molar-refractivity contribution in [2.24, 2.45) is 0 Å². The highest BCUT2D eigenvalue weighted by Gasteiger charge is 2.51. The summed E-state index contributed by atoms with van der Waals surface area (Å²) in [5, 5.41) is 7.52. The number of hydrogen-bond donors (Lipinski definition) is 0. The Morgan fingerprint density at radius 3 is 1.59 bits per heavy atom. The standard InChI is InChI=1S/C59H36N2/c1-2-17-39(18-3-1)60-54-29-15-10-24-46(54)47-35-57-48(36-56(47)60)58-41-20-5-4-16-37(41)31-33-55(58)61(57)53-28-14-9-19-40(53)38-30-32-45-44-23-8-13-27-51(44)59(52(45)34-38)49-25-11-6-21-42(49)43-22-7-12-26-50(43)59/h1-36H. The normalized spacial score (nSPS) is 13.4. The summed E-state index contributed by atoms with van der Waals surface area (Å²) in [6, 6.07) is 81.6. The van der Waals surface area contributed by atoms with Gasteiger partial charge < -0.3 is 9.13 Å². The van der Waals surface area contributed by atoms with E-state index in [-0.39, 0.29) is 0 Å². The Labute approximate surface area is 352 Å². The van der Waals surface area contributed by atoms with E-state index in [0.717, 1.165) is 5.69 Å². The van der Waals surface area contributed by atoms with Crippen LogP contribution in [0.2, 0.25) is 0 Å². The zero-order chi connectivity index (χ0) is 39.8. The van der Waals surface area contributed by atoms with Crippen molar-refractivity contribution in [2.75, 3.05) is 0 Å². The van der Waals surface area contributed by atoms with Gasteiger partial charge in [-0.15, -0.1) is 0 Å². The highest BCUT2D eigenvalue weighted by atomic mass is 15.0. The van der Waals surface area contributed by atoms with Crippen molar-refractivity contribution in [3.05, 3.63) is 241 Å². The molecule has 12 aromatic rings. The minimum atomic E-state index is -0.408. The average molecular weight is 773 g/mol. The van der Waals surface area contributed by atoms with Gasteiger partial charge in [0.1, 0.15) is 0 Å². The molecule has 61 heavy (non-hydrogen) atoms. The van der Waals surface area contributed by atoms with E-state index in [1.165, 1.54) is 116 Å². The van der Waals surface area contributed by atoms with E-state index < -0.39 is 5.41 Å². The van der Waals surface area contributed by atoms with E-state index in [9.17, 15) is 0 Å². The van der Waals surface area contributed by atoms with Crippen LogP contribution < -0.4 is 0 Å². The summed E-state index contributed by atoms with van der Waals surface area (Å²) in [6.07, 6.45) is 0. The molecule has 2 heteroatoms. The first-order chi connectivity index (χ1) is 30.3. The molecule has 0 atom stereocenters. The molecular weight excluding hydrogens is 737 g/mol. The zero-order valence-electron chi connectivity index (χ0n) is 33.2. The van der Waals surface area contributed by atoms with E-state index in [4.69, 9.17) is 0 Å². The molecule has 0 fully saturated rings. The van der Waals surface area contributed by atoms with Crippen LogP contribution in [0.15, 0.2) is 218 Å². The molecule has 2 heterocycles. The van der Waals surface area contributed by atoms with Crippen molar-refractivity contribution < 1.29 is 0 Å². The lowest BCUT2D eigenvalue weighted by atomic mass is 9.70. The van der Waals surface area contributed by atoms with Crippen LogP contribution in [-0.2, 0) is 5.41 Å². The number of rotatable bonds is 3. The molecule has 14 rings (SSSR count). The zero-order valence-corrected chi connectivity index (χ0v) is 33.2. The first-order valence-corrected chi connectivity index (χ1v) is 21.3. The quantitative estimate of drug-likeness (QED) is 0.169. The van der Waals surface area contributed by atoms with Crippen molar-refractivity contribution in [3.8, 4) is 44.8 Å². The van der Waals surface area contributed by atoms with E-state index in [1.54, 1.807) is 0 Å². The number of hydrogen-bond acceptors (Lipinski definition) is 0. The van der Waals surface area contributed by atoms with Gasteiger partial charge in [0.15, 0.2) is 0 Å². The van der Waals surface area contributed by atoms with Crippen molar-refractivity contribution in [1.29, 1.82) is 0 Å². The van der Waals surface area contributed by atoms with Gasteiger partial charge in [0.2, 0.25) is 0 Å². The lowest BCUT2D eigenvalue weighted by Gasteiger charge is -2.30. The van der Waals surface area contributed by atoms with Crippen molar-refractivity contribution in [1.82, 2.24) is 9.13 Å². The first kappa shape index (κ1) is 33.0. The number of fused-ring (bicyclic) bond motifs is 18.